The molecule has 19 heavy (non-hydrogen) atoms. The smallest absolute Gasteiger partial charge is 0.325 e. The van der Waals surface area contributed by atoms with Gasteiger partial charge in [-0.25, -0.2) is 9.18 Å². The zero-order valence-electron chi connectivity index (χ0n) is 10.2. The third-order valence-electron chi connectivity index (χ3n) is 2.60. The highest BCUT2D eigenvalue weighted by atomic mass is 19.1. The summed E-state index contributed by atoms with van der Waals surface area (Å²) < 4.78 is 23.5. The normalized spacial score (nSPS) is 30.1. The number of nitrogens with two attached hydrogens (primary N) is 1. The molecule has 0 fully saturated rings. The zero-order valence-corrected chi connectivity index (χ0v) is 10.2. The number of amides is 2. The van der Waals surface area contributed by atoms with Crippen LogP contribution in [0.25, 0.3) is 0 Å². The minimum atomic E-state index is -1.13. The molecule has 2 heterocycles. The van der Waals surface area contributed by atoms with Crippen molar-refractivity contribution in [2.75, 3.05) is 6.61 Å². The lowest BCUT2D eigenvalue weighted by Gasteiger charge is -2.30. The van der Waals surface area contributed by atoms with Crippen molar-refractivity contribution in [2.24, 2.45) is 5.73 Å². The molecule has 2 aliphatic heterocycles. The summed E-state index contributed by atoms with van der Waals surface area (Å²) in [6, 6.07) is -0.559. The van der Waals surface area contributed by atoms with Gasteiger partial charge in [0, 0.05) is 13.1 Å². The van der Waals surface area contributed by atoms with Crippen LogP contribution in [0, 0.1) is 0 Å². The molecule has 0 radical (unpaired) electrons. The van der Waals surface area contributed by atoms with Gasteiger partial charge in [-0.2, -0.15) is 0 Å². The maximum Gasteiger partial charge on any atom is 0.325 e. The van der Waals surface area contributed by atoms with Gasteiger partial charge < -0.3 is 20.5 Å². The number of urea groups is 1. The summed E-state index contributed by atoms with van der Waals surface area (Å²) in [5.41, 5.74) is 5.32. The van der Waals surface area contributed by atoms with Gasteiger partial charge in [-0.1, -0.05) is 6.08 Å². The van der Waals surface area contributed by atoms with E-state index >= 15 is 0 Å². The molecule has 3 N–H and O–H groups in total. The third kappa shape index (κ3) is 3.09. The molecule has 8 heteroatoms. The van der Waals surface area contributed by atoms with Crippen LogP contribution in [-0.2, 0) is 14.3 Å². The Bertz CT molecular complexity index is 451. The van der Waals surface area contributed by atoms with Crippen molar-refractivity contribution in [2.45, 2.75) is 25.4 Å². The summed E-state index contributed by atoms with van der Waals surface area (Å²) in [6.07, 6.45) is 1.86. The van der Waals surface area contributed by atoms with Crippen molar-refractivity contribution < 1.29 is 23.5 Å². The highest BCUT2D eigenvalue weighted by Gasteiger charge is 2.32. The summed E-state index contributed by atoms with van der Waals surface area (Å²) >= 11 is 0. The van der Waals surface area contributed by atoms with Crippen molar-refractivity contribution >= 4 is 12.0 Å². The lowest BCUT2D eigenvalue weighted by molar-refractivity contribution is -0.145. The number of nitrogens with one attached hydrogen (secondary N) is 1. The second-order valence-corrected chi connectivity index (χ2v) is 4.10. The van der Waals surface area contributed by atoms with Crippen LogP contribution in [0.5, 0.6) is 0 Å². The van der Waals surface area contributed by atoms with E-state index in [1.54, 1.807) is 12.2 Å². The molecule has 2 amide bonds. The predicted molar refractivity (Wildman–Crippen MR) is 62.0 cm³/mol. The third-order valence-corrected chi connectivity index (χ3v) is 2.60. The average Bonchev–Trinajstić information content (AvgIpc) is 2.80. The second kappa shape index (κ2) is 5.37. The minimum absolute atomic E-state index is 0.0451. The number of carbonyl (C=O) groups excluding carboxylic acids is 2. The first-order valence-corrected chi connectivity index (χ1v) is 5.66. The quantitative estimate of drug-likeness (QED) is 0.554. The van der Waals surface area contributed by atoms with Crippen molar-refractivity contribution in [3.63, 3.8) is 0 Å². The van der Waals surface area contributed by atoms with Crippen LogP contribution in [0.3, 0.4) is 0 Å². The molecule has 0 saturated carbocycles. The molecular weight excluding hydrogens is 257 g/mol. The van der Waals surface area contributed by atoms with Crippen LogP contribution >= 0.6 is 0 Å². The Hall–Kier alpha value is -1.93. The van der Waals surface area contributed by atoms with Gasteiger partial charge in [0.05, 0.1) is 0 Å². The molecule has 3 atom stereocenters. The van der Waals surface area contributed by atoms with Crippen LogP contribution in [0.2, 0.25) is 0 Å². The number of hydrogen-bond acceptors (Lipinski definition) is 5. The standard InChI is InChI=1S/C11H14FN3O4/c1-6(16)18-5-7-2-3-9(19-7)15-4-8(12)10(13)14-11(15)17/h2-4,7,9-10H,5,13H2,1H3,(H,14,17). The van der Waals surface area contributed by atoms with E-state index in [-0.39, 0.29) is 6.61 Å². The summed E-state index contributed by atoms with van der Waals surface area (Å²) in [4.78, 5) is 23.3. The van der Waals surface area contributed by atoms with E-state index in [2.05, 4.69) is 5.32 Å². The Morgan fingerprint density at radius 1 is 1.63 bits per heavy atom. The molecule has 0 aromatic carbocycles. The molecule has 2 aliphatic rings. The highest BCUT2D eigenvalue weighted by molar-refractivity contribution is 5.77. The van der Waals surface area contributed by atoms with Crippen molar-refractivity contribution in [3.05, 3.63) is 24.2 Å². The maximum absolute atomic E-state index is 13.3. The molecule has 2 rings (SSSR count). The van der Waals surface area contributed by atoms with Crippen LogP contribution < -0.4 is 11.1 Å². The predicted octanol–water partition coefficient (Wildman–Crippen LogP) is -0.0485. The lowest BCUT2D eigenvalue weighted by atomic mass is 10.3. The van der Waals surface area contributed by atoms with Crippen molar-refractivity contribution in [1.29, 1.82) is 0 Å². The van der Waals surface area contributed by atoms with Crippen LogP contribution in [0.1, 0.15) is 6.92 Å². The first-order chi connectivity index (χ1) is 8.97. The van der Waals surface area contributed by atoms with Gasteiger partial charge in [-0.3, -0.25) is 9.69 Å². The van der Waals surface area contributed by atoms with E-state index in [9.17, 15) is 14.0 Å². The van der Waals surface area contributed by atoms with Crippen LogP contribution in [0.4, 0.5) is 9.18 Å². The molecule has 0 saturated heterocycles. The largest absolute Gasteiger partial charge is 0.463 e. The van der Waals surface area contributed by atoms with Crippen LogP contribution in [-0.4, -0.2) is 42.0 Å². The lowest BCUT2D eigenvalue weighted by Crippen LogP contribution is -2.54. The molecule has 3 unspecified atom stereocenters. The molecule has 0 aliphatic carbocycles. The summed E-state index contributed by atoms with van der Waals surface area (Å²) in [5, 5.41) is 2.24. The highest BCUT2D eigenvalue weighted by Crippen LogP contribution is 2.20. The molecular formula is C11H14FN3O4. The molecule has 0 aromatic rings. The molecule has 0 aromatic heterocycles. The number of esters is 1. The van der Waals surface area contributed by atoms with E-state index < -0.39 is 36.3 Å². The molecule has 0 spiro atoms. The summed E-state index contributed by atoms with van der Waals surface area (Å²) in [5.74, 6) is -1.09. The molecule has 7 nitrogen and oxygen atoms in total. The zero-order chi connectivity index (χ0) is 14.0. The number of ether oxygens (including phenoxy) is 2. The SMILES string of the molecule is CC(=O)OCC1C=CC(N2C=C(F)C(N)NC2=O)O1. The minimum Gasteiger partial charge on any atom is -0.463 e. The van der Waals surface area contributed by atoms with Crippen molar-refractivity contribution in [1.82, 2.24) is 10.2 Å². The Kier molecular flexibility index (Phi) is 3.82. The van der Waals surface area contributed by atoms with E-state index in [1.165, 1.54) is 6.92 Å². The van der Waals surface area contributed by atoms with Gasteiger partial charge in [0.1, 0.15) is 18.9 Å². The van der Waals surface area contributed by atoms with E-state index in [0.717, 1.165) is 11.1 Å². The van der Waals surface area contributed by atoms with E-state index in [4.69, 9.17) is 15.2 Å². The fourth-order valence-corrected chi connectivity index (χ4v) is 1.68. The summed E-state index contributed by atoms with van der Waals surface area (Å²) in [7, 11) is 0. The van der Waals surface area contributed by atoms with Gasteiger partial charge in [-0.15, -0.1) is 0 Å². The number of nitrogens with zero attached hydrogens (tertiary/aromatic N) is 1. The maximum atomic E-state index is 13.3. The molecule has 104 valence electrons. The molecule has 0 bridgehead atoms. The fraction of sp³-hybridized carbons (Fsp3) is 0.455. The average molecular weight is 271 g/mol. The van der Waals surface area contributed by atoms with Gasteiger partial charge in [0.15, 0.2) is 12.1 Å². The van der Waals surface area contributed by atoms with Crippen LogP contribution in [0.15, 0.2) is 24.2 Å². The van der Waals surface area contributed by atoms with Gasteiger partial charge in [0.25, 0.3) is 0 Å². The number of hydrogen-bond donors (Lipinski definition) is 2. The number of rotatable bonds is 3. The van der Waals surface area contributed by atoms with E-state index in [0.29, 0.717) is 0 Å². The van der Waals surface area contributed by atoms with Gasteiger partial charge >= 0.3 is 12.0 Å². The topological polar surface area (TPSA) is 93.9 Å². The monoisotopic (exact) mass is 271 g/mol. The van der Waals surface area contributed by atoms with Gasteiger partial charge in [0.2, 0.25) is 0 Å². The first kappa shape index (κ1) is 13.5. The Balaban J connectivity index is 1.96. The fourth-order valence-electron chi connectivity index (χ4n) is 1.68. The number of halogens is 1. The first-order valence-electron chi connectivity index (χ1n) is 5.66. The Labute approximate surface area is 108 Å². The summed E-state index contributed by atoms with van der Waals surface area (Å²) in [6.45, 7) is 1.33. The van der Waals surface area contributed by atoms with Crippen molar-refractivity contribution in [3.8, 4) is 0 Å². The Morgan fingerprint density at radius 2 is 2.37 bits per heavy atom. The van der Waals surface area contributed by atoms with Gasteiger partial charge in [-0.05, 0) is 6.08 Å². The Morgan fingerprint density at radius 3 is 3.05 bits per heavy atom. The second-order valence-electron chi connectivity index (χ2n) is 4.10. The number of carbonyl (C=O) groups is 2. The van der Waals surface area contributed by atoms with E-state index in [1.807, 2.05) is 0 Å².